The summed E-state index contributed by atoms with van der Waals surface area (Å²) in [5, 5.41) is 0. The van der Waals surface area contributed by atoms with Crippen LogP contribution in [0.3, 0.4) is 0 Å². The summed E-state index contributed by atoms with van der Waals surface area (Å²) in [7, 11) is 0. The fourth-order valence-electron chi connectivity index (χ4n) is 2.77. The van der Waals surface area contributed by atoms with Crippen LogP contribution in [0.25, 0.3) is 0 Å². The van der Waals surface area contributed by atoms with E-state index in [2.05, 4.69) is 28.7 Å². The molecule has 0 aromatic carbocycles. The summed E-state index contributed by atoms with van der Waals surface area (Å²) >= 11 is 0. The second-order valence-electron chi connectivity index (χ2n) is 5.45. The van der Waals surface area contributed by atoms with E-state index >= 15 is 0 Å². The molecule has 0 radical (unpaired) electrons. The number of hydrogen-bond donors (Lipinski definition) is 1. The third-order valence-corrected chi connectivity index (χ3v) is 3.96. The Labute approximate surface area is 110 Å². The van der Waals surface area contributed by atoms with Gasteiger partial charge in [-0.1, -0.05) is 13.8 Å². The SMILES string of the molecule is CC(C)C1CCCN(c2nccnc2CN)CC1. The minimum Gasteiger partial charge on any atom is -0.355 e. The molecule has 1 aromatic heterocycles. The van der Waals surface area contributed by atoms with Gasteiger partial charge in [0.05, 0.1) is 5.69 Å². The molecule has 0 aliphatic carbocycles. The number of nitrogens with two attached hydrogens (primary N) is 1. The van der Waals surface area contributed by atoms with Gasteiger partial charge in [0.2, 0.25) is 0 Å². The van der Waals surface area contributed by atoms with Crippen LogP contribution in [0.15, 0.2) is 12.4 Å². The van der Waals surface area contributed by atoms with Gasteiger partial charge in [0, 0.05) is 32.0 Å². The molecule has 1 aliphatic rings. The predicted octanol–water partition coefficient (Wildman–Crippen LogP) is 2.20. The number of anilines is 1. The van der Waals surface area contributed by atoms with Crippen molar-refractivity contribution in [2.45, 2.75) is 39.7 Å². The Bertz CT molecular complexity index is 378. The quantitative estimate of drug-likeness (QED) is 0.891. The van der Waals surface area contributed by atoms with Crippen molar-refractivity contribution >= 4 is 5.82 Å². The Balaban J connectivity index is 2.10. The van der Waals surface area contributed by atoms with Crippen LogP contribution < -0.4 is 10.6 Å². The van der Waals surface area contributed by atoms with Crippen LogP contribution in [0.5, 0.6) is 0 Å². The van der Waals surface area contributed by atoms with Crippen LogP contribution in [0.2, 0.25) is 0 Å². The standard InChI is InChI=1S/C14H24N4/c1-11(2)12-4-3-8-18(9-5-12)14-13(10-15)16-6-7-17-14/h6-7,11-12H,3-5,8-10,15H2,1-2H3. The predicted molar refractivity (Wildman–Crippen MR) is 74.3 cm³/mol. The highest BCUT2D eigenvalue weighted by Gasteiger charge is 2.21. The van der Waals surface area contributed by atoms with Gasteiger partial charge in [0.25, 0.3) is 0 Å². The van der Waals surface area contributed by atoms with Gasteiger partial charge in [0.1, 0.15) is 0 Å². The Morgan fingerprint density at radius 2 is 2.06 bits per heavy atom. The lowest BCUT2D eigenvalue weighted by molar-refractivity contribution is 0.351. The van der Waals surface area contributed by atoms with Crippen molar-refractivity contribution in [3.8, 4) is 0 Å². The Kier molecular flexibility index (Phi) is 4.53. The molecule has 4 heteroatoms. The van der Waals surface area contributed by atoms with Gasteiger partial charge in [-0.05, 0) is 31.1 Å². The monoisotopic (exact) mass is 248 g/mol. The lowest BCUT2D eigenvalue weighted by Crippen LogP contribution is -2.27. The van der Waals surface area contributed by atoms with Crippen LogP contribution in [0.4, 0.5) is 5.82 Å². The lowest BCUT2D eigenvalue weighted by Gasteiger charge is -2.23. The zero-order chi connectivity index (χ0) is 13.0. The fraction of sp³-hybridized carbons (Fsp3) is 0.714. The summed E-state index contributed by atoms with van der Waals surface area (Å²) < 4.78 is 0. The van der Waals surface area contributed by atoms with Crippen molar-refractivity contribution in [3.05, 3.63) is 18.1 Å². The average Bonchev–Trinajstić information content (AvgIpc) is 2.64. The first-order valence-corrected chi connectivity index (χ1v) is 6.97. The molecule has 0 bridgehead atoms. The lowest BCUT2D eigenvalue weighted by atomic mass is 9.89. The molecule has 2 heterocycles. The van der Waals surface area contributed by atoms with Gasteiger partial charge in [-0.15, -0.1) is 0 Å². The van der Waals surface area contributed by atoms with Crippen LogP contribution >= 0.6 is 0 Å². The smallest absolute Gasteiger partial charge is 0.151 e. The number of aromatic nitrogens is 2. The minimum absolute atomic E-state index is 0.466. The largest absolute Gasteiger partial charge is 0.355 e. The maximum Gasteiger partial charge on any atom is 0.151 e. The highest BCUT2D eigenvalue weighted by Crippen LogP contribution is 2.27. The van der Waals surface area contributed by atoms with E-state index < -0.39 is 0 Å². The van der Waals surface area contributed by atoms with Crippen LogP contribution in [0.1, 0.15) is 38.8 Å². The van der Waals surface area contributed by atoms with Crippen LogP contribution in [-0.2, 0) is 6.54 Å². The molecular formula is C14H24N4. The summed E-state index contributed by atoms with van der Waals surface area (Å²) in [5.74, 6) is 2.61. The first-order chi connectivity index (χ1) is 8.72. The topological polar surface area (TPSA) is 55.0 Å². The molecule has 0 spiro atoms. The van der Waals surface area contributed by atoms with Crippen LogP contribution in [0, 0.1) is 11.8 Å². The first kappa shape index (κ1) is 13.3. The summed E-state index contributed by atoms with van der Waals surface area (Å²) in [6.45, 7) is 7.28. The molecule has 0 saturated carbocycles. The molecule has 2 N–H and O–H groups in total. The van der Waals surface area contributed by atoms with Gasteiger partial charge in [-0.3, -0.25) is 4.98 Å². The molecule has 1 aromatic rings. The number of hydrogen-bond acceptors (Lipinski definition) is 4. The molecule has 1 atom stereocenters. The van der Waals surface area contributed by atoms with E-state index in [4.69, 9.17) is 5.73 Å². The fourth-order valence-corrected chi connectivity index (χ4v) is 2.77. The Morgan fingerprint density at radius 3 is 2.78 bits per heavy atom. The van der Waals surface area contributed by atoms with Gasteiger partial charge in [-0.2, -0.15) is 0 Å². The second-order valence-corrected chi connectivity index (χ2v) is 5.45. The Hall–Kier alpha value is -1.16. The highest BCUT2D eigenvalue weighted by molar-refractivity contribution is 5.43. The van der Waals surface area contributed by atoms with Crippen molar-refractivity contribution < 1.29 is 0 Å². The normalized spacial score (nSPS) is 21.1. The molecular weight excluding hydrogens is 224 g/mol. The molecule has 4 nitrogen and oxygen atoms in total. The third kappa shape index (κ3) is 2.99. The number of rotatable bonds is 3. The van der Waals surface area contributed by atoms with Gasteiger partial charge in [0.15, 0.2) is 5.82 Å². The third-order valence-electron chi connectivity index (χ3n) is 3.96. The zero-order valence-corrected chi connectivity index (χ0v) is 11.5. The molecule has 2 rings (SSSR count). The van der Waals surface area contributed by atoms with Crippen LogP contribution in [-0.4, -0.2) is 23.1 Å². The van der Waals surface area contributed by atoms with Crippen molar-refractivity contribution in [2.24, 2.45) is 17.6 Å². The van der Waals surface area contributed by atoms with E-state index in [1.165, 1.54) is 19.3 Å². The molecule has 18 heavy (non-hydrogen) atoms. The molecule has 1 aliphatic heterocycles. The molecule has 1 saturated heterocycles. The van der Waals surface area contributed by atoms with E-state index in [1.807, 2.05) is 0 Å². The van der Waals surface area contributed by atoms with E-state index in [0.717, 1.165) is 36.4 Å². The molecule has 100 valence electrons. The van der Waals surface area contributed by atoms with Crippen molar-refractivity contribution in [1.29, 1.82) is 0 Å². The molecule has 0 amide bonds. The molecule has 1 unspecified atom stereocenters. The maximum atomic E-state index is 5.74. The second kappa shape index (κ2) is 6.14. The zero-order valence-electron chi connectivity index (χ0n) is 11.5. The summed E-state index contributed by atoms with van der Waals surface area (Å²) in [5.41, 5.74) is 6.66. The van der Waals surface area contributed by atoms with E-state index in [-0.39, 0.29) is 0 Å². The van der Waals surface area contributed by atoms with Crippen molar-refractivity contribution in [1.82, 2.24) is 9.97 Å². The van der Waals surface area contributed by atoms with Crippen molar-refractivity contribution in [3.63, 3.8) is 0 Å². The molecule has 1 fully saturated rings. The number of nitrogens with zero attached hydrogens (tertiary/aromatic N) is 3. The summed E-state index contributed by atoms with van der Waals surface area (Å²) in [6, 6.07) is 0. The van der Waals surface area contributed by atoms with Gasteiger partial charge < -0.3 is 10.6 Å². The average molecular weight is 248 g/mol. The highest BCUT2D eigenvalue weighted by atomic mass is 15.2. The van der Waals surface area contributed by atoms with E-state index in [9.17, 15) is 0 Å². The minimum atomic E-state index is 0.466. The van der Waals surface area contributed by atoms with E-state index in [1.54, 1.807) is 12.4 Å². The van der Waals surface area contributed by atoms with E-state index in [0.29, 0.717) is 6.54 Å². The summed E-state index contributed by atoms with van der Waals surface area (Å²) in [4.78, 5) is 11.2. The maximum absolute atomic E-state index is 5.74. The van der Waals surface area contributed by atoms with Crippen molar-refractivity contribution in [2.75, 3.05) is 18.0 Å². The Morgan fingerprint density at radius 1 is 1.28 bits per heavy atom. The van der Waals surface area contributed by atoms with Gasteiger partial charge >= 0.3 is 0 Å². The van der Waals surface area contributed by atoms with Gasteiger partial charge in [-0.25, -0.2) is 4.98 Å². The summed E-state index contributed by atoms with van der Waals surface area (Å²) in [6.07, 6.45) is 7.30. The first-order valence-electron chi connectivity index (χ1n) is 6.97.